The van der Waals surface area contributed by atoms with E-state index in [0.29, 0.717) is 13.2 Å². The van der Waals surface area contributed by atoms with E-state index in [9.17, 15) is 0 Å². The zero-order valence-corrected chi connectivity index (χ0v) is 19.6. The van der Waals surface area contributed by atoms with E-state index < -0.39 is 0 Å². The zero-order valence-electron chi connectivity index (χ0n) is 19.6. The highest BCUT2D eigenvalue weighted by molar-refractivity contribution is 5.34. The highest BCUT2D eigenvalue weighted by Crippen LogP contribution is 2.30. The van der Waals surface area contributed by atoms with Crippen molar-refractivity contribution in [2.24, 2.45) is 0 Å². The number of hydrogen-bond donors (Lipinski definition) is 0. The van der Waals surface area contributed by atoms with Crippen molar-refractivity contribution in [3.8, 4) is 11.5 Å². The second kappa shape index (κ2) is 11.2. The van der Waals surface area contributed by atoms with Crippen molar-refractivity contribution < 1.29 is 14.2 Å². The first-order valence-electron chi connectivity index (χ1n) is 11.2. The van der Waals surface area contributed by atoms with Gasteiger partial charge in [-0.2, -0.15) is 0 Å². The van der Waals surface area contributed by atoms with Gasteiger partial charge in [-0.05, 0) is 34.2 Å². The Morgan fingerprint density at radius 3 is 2.36 bits per heavy atom. The number of benzene rings is 2. The van der Waals surface area contributed by atoms with Gasteiger partial charge in [0.25, 0.3) is 0 Å². The molecule has 0 bridgehead atoms. The molecule has 33 heavy (non-hydrogen) atoms. The van der Waals surface area contributed by atoms with Crippen LogP contribution in [0.4, 0.5) is 0 Å². The monoisotopic (exact) mass is 452 g/mol. The minimum absolute atomic E-state index is 0.0452. The fraction of sp³-hybridized carbons (Fsp3) is 0.458. The van der Waals surface area contributed by atoms with Gasteiger partial charge >= 0.3 is 0 Å². The number of ether oxygens (including phenoxy) is 3. The maximum absolute atomic E-state index is 5.53. The van der Waals surface area contributed by atoms with Crippen LogP contribution in [0.25, 0.3) is 0 Å². The van der Waals surface area contributed by atoms with E-state index in [2.05, 4.69) is 49.6 Å². The number of para-hydroxylation sites is 1. The molecule has 1 atom stereocenters. The summed E-state index contributed by atoms with van der Waals surface area (Å²) in [6, 6.07) is 16.4. The van der Waals surface area contributed by atoms with Crippen LogP contribution >= 0.6 is 0 Å². The maximum atomic E-state index is 5.53. The lowest BCUT2D eigenvalue weighted by Crippen LogP contribution is -2.48. The van der Waals surface area contributed by atoms with Crippen molar-refractivity contribution in [3.63, 3.8) is 0 Å². The Hall–Kier alpha value is -3.01. The number of nitrogens with zero attached hydrogens (tertiary/aromatic N) is 6. The Morgan fingerprint density at radius 1 is 0.909 bits per heavy atom. The van der Waals surface area contributed by atoms with Gasteiger partial charge in [0.05, 0.1) is 33.4 Å². The minimum Gasteiger partial charge on any atom is -0.497 e. The molecule has 0 radical (unpaired) electrons. The number of aromatic nitrogens is 4. The standard InChI is InChI=1S/C24H32N6O3/c1-31-17-16-30-24(25-26-27-30)23(19-8-10-21(32-2)11-9-19)29-14-12-28(13-15-29)18-20-6-4-5-7-22(20)33-3/h4-11,23H,12-18H2,1-3H3/t23-/m1/s1. The molecule has 2 heterocycles. The van der Waals surface area contributed by atoms with Gasteiger partial charge in [-0.25, -0.2) is 4.68 Å². The molecule has 0 saturated carbocycles. The minimum atomic E-state index is -0.0452. The number of tetrazole rings is 1. The predicted molar refractivity (Wildman–Crippen MR) is 124 cm³/mol. The van der Waals surface area contributed by atoms with Crippen LogP contribution in [-0.4, -0.2) is 84.1 Å². The van der Waals surface area contributed by atoms with E-state index in [1.165, 1.54) is 5.56 Å². The van der Waals surface area contributed by atoms with E-state index >= 15 is 0 Å². The molecule has 176 valence electrons. The van der Waals surface area contributed by atoms with Gasteiger partial charge in [0.2, 0.25) is 0 Å². The third kappa shape index (κ3) is 5.50. The number of methoxy groups -OCH3 is 3. The van der Waals surface area contributed by atoms with Crippen LogP contribution in [0.1, 0.15) is 23.0 Å². The van der Waals surface area contributed by atoms with Gasteiger partial charge in [-0.1, -0.05) is 30.3 Å². The molecule has 1 aliphatic rings. The summed E-state index contributed by atoms with van der Waals surface area (Å²) >= 11 is 0. The lowest BCUT2D eigenvalue weighted by molar-refractivity contribution is 0.0983. The van der Waals surface area contributed by atoms with Crippen molar-refractivity contribution in [1.82, 2.24) is 30.0 Å². The summed E-state index contributed by atoms with van der Waals surface area (Å²) in [5, 5.41) is 12.6. The van der Waals surface area contributed by atoms with Gasteiger partial charge in [-0.3, -0.25) is 9.80 Å². The first kappa shape index (κ1) is 23.2. The third-order valence-electron chi connectivity index (χ3n) is 6.10. The van der Waals surface area contributed by atoms with Crippen LogP contribution in [-0.2, 0) is 17.8 Å². The summed E-state index contributed by atoms with van der Waals surface area (Å²) in [6.07, 6.45) is 0. The second-order valence-corrected chi connectivity index (χ2v) is 8.05. The fourth-order valence-electron chi connectivity index (χ4n) is 4.31. The number of rotatable bonds is 10. The Kier molecular flexibility index (Phi) is 7.87. The van der Waals surface area contributed by atoms with Crippen molar-refractivity contribution in [2.45, 2.75) is 19.1 Å². The highest BCUT2D eigenvalue weighted by Gasteiger charge is 2.30. The molecule has 1 aliphatic heterocycles. The SMILES string of the molecule is COCCn1nnnc1[C@@H](c1ccc(OC)cc1)N1CCN(Cc2ccccc2OC)CC1. The van der Waals surface area contributed by atoms with Gasteiger partial charge in [0.1, 0.15) is 11.5 Å². The average Bonchev–Trinajstić information content (AvgIpc) is 3.32. The number of hydrogen-bond acceptors (Lipinski definition) is 8. The molecule has 2 aromatic carbocycles. The first-order chi connectivity index (χ1) is 16.2. The maximum Gasteiger partial charge on any atom is 0.173 e. The Labute approximate surface area is 194 Å². The van der Waals surface area contributed by atoms with Crippen LogP contribution in [0.2, 0.25) is 0 Å². The summed E-state index contributed by atoms with van der Waals surface area (Å²) in [7, 11) is 5.09. The largest absolute Gasteiger partial charge is 0.497 e. The Bertz CT molecular complexity index is 1000. The average molecular weight is 453 g/mol. The molecule has 0 N–H and O–H groups in total. The molecule has 4 rings (SSSR count). The van der Waals surface area contributed by atoms with Gasteiger partial charge < -0.3 is 14.2 Å². The summed E-state index contributed by atoms with van der Waals surface area (Å²) in [5.74, 6) is 2.60. The first-order valence-corrected chi connectivity index (χ1v) is 11.2. The Balaban J connectivity index is 1.52. The molecule has 1 fully saturated rings. The van der Waals surface area contributed by atoms with E-state index in [-0.39, 0.29) is 6.04 Å². The molecular formula is C24H32N6O3. The fourth-order valence-corrected chi connectivity index (χ4v) is 4.31. The zero-order chi connectivity index (χ0) is 23.0. The van der Waals surface area contributed by atoms with Crippen LogP contribution in [0, 0.1) is 0 Å². The van der Waals surface area contributed by atoms with E-state index in [1.54, 1.807) is 21.3 Å². The van der Waals surface area contributed by atoms with E-state index in [0.717, 1.165) is 55.6 Å². The van der Waals surface area contributed by atoms with Gasteiger partial charge in [-0.15, -0.1) is 5.10 Å². The lowest BCUT2D eigenvalue weighted by Gasteiger charge is -2.39. The normalized spacial score (nSPS) is 16.0. The third-order valence-corrected chi connectivity index (χ3v) is 6.10. The van der Waals surface area contributed by atoms with Gasteiger partial charge in [0.15, 0.2) is 5.82 Å². The van der Waals surface area contributed by atoms with Crippen molar-refractivity contribution >= 4 is 0 Å². The second-order valence-electron chi connectivity index (χ2n) is 8.05. The molecule has 9 nitrogen and oxygen atoms in total. The highest BCUT2D eigenvalue weighted by atomic mass is 16.5. The van der Waals surface area contributed by atoms with Crippen LogP contribution in [0.15, 0.2) is 48.5 Å². The molecule has 0 aliphatic carbocycles. The van der Waals surface area contributed by atoms with Crippen LogP contribution in [0.3, 0.4) is 0 Å². The lowest BCUT2D eigenvalue weighted by atomic mass is 10.0. The van der Waals surface area contributed by atoms with Crippen molar-refractivity contribution in [1.29, 1.82) is 0 Å². The van der Waals surface area contributed by atoms with Crippen LogP contribution < -0.4 is 9.47 Å². The van der Waals surface area contributed by atoms with Crippen molar-refractivity contribution in [3.05, 3.63) is 65.5 Å². The molecular weight excluding hydrogens is 420 g/mol. The van der Waals surface area contributed by atoms with E-state index in [1.807, 2.05) is 28.9 Å². The summed E-state index contributed by atoms with van der Waals surface area (Å²) in [6.45, 7) is 5.75. The molecule has 9 heteroatoms. The molecule has 0 spiro atoms. The van der Waals surface area contributed by atoms with E-state index in [4.69, 9.17) is 14.2 Å². The smallest absolute Gasteiger partial charge is 0.173 e. The number of piperazine rings is 1. The van der Waals surface area contributed by atoms with Crippen molar-refractivity contribution in [2.75, 3.05) is 54.1 Å². The molecule has 0 amide bonds. The summed E-state index contributed by atoms with van der Waals surface area (Å²) in [5.41, 5.74) is 2.35. The molecule has 1 saturated heterocycles. The van der Waals surface area contributed by atoms with Crippen LogP contribution in [0.5, 0.6) is 11.5 Å². The summed E-state index contributed by atoms with van der Waals surface area (Å²) in [4.78, 5) is 4.92. The molecule has 1 aromatic heterocycles. The Morgan fingerprint density at radius 2 is 1.67 bits per heavy atom. The predicted octanol–water partition coefficient (Wildman–Crippen LogP) is 2.24. The van der Waals surface area contributed by atoms with Gasteiger partial charge in [0, 0.05) is 45.4 Å². The topological polar surface area (TPSA) is 77.8 Å². The quantitative estimate of drug-likeness (QED) is 0.464. The molecule has 0 unspecified atom stereocenters. The molecule has 3 aromatic rings. The summed E-state index contributed by atoms with van der Waals surface area (Å²) < 4.78 is 18.0.